The Morgan fingerprint density at radius 1 is 1.33 bits per heavy atom. The lowest BCUT2D eigenvalue weighted by Crippen LogP contribution is -2.12. The Kier molecular flexibility index (Phi) is 3.91. The Balaban J connectivity index is 2.02. The lowest BCUT2D eigenvalue weighted by Gasteiger charge is -2.06. The minimum atomic E-state index is -0.173. The first-order valence-electron chi connectivity index (χ1n) is 5.91. The van der Waals surface area contributed by atoms with Gasteiger partial charge < -0.3 is 0 Å². The second-order valence-electron chi connectivity index (χ2n) is 4.56. The van der Waals surface area contributed by atoms with Crippen molar-refractivity contribution in [2.45, 2.75) is 30.7 Å². The SMILES string of the molecule is CC(C)c1ccc(CSc2n[nH]c(=O)n2C)cc1. The summed E-state index contributed by atoms with van der Waals surface area (Å²) in [5.74, 6) is 1.37. The highest BCUT2D eigenvalue weighted by Crippen LogP contribution is 2.21. The summed E-state index contributed by atoms with van der Waals surface area (Å²) in [4.78, 5) is 11.2. The van der Waals surface area contributed by atoms with Gasteiger partial charge in [0.2, 0.25) is 0 Å². The maximum absolute atomic E-state index is 11.2. The molecule has 0 atom stereocenters. The van der Waals surface area contributed by atoms with Gasteiger partial charge in [0, 0.05) is 12.8 Å². The van der Waals surface area contributed by atoms with Gasteiger partial charge in [0.25, 0.3) is 0 Å². The fourth-order valence-electron chi connectivity index (χ4n) is 1.61. The molecule has 0 spiro atoms. The first-order valence-corrected chi connectivity index (χ1v) is 6.89. The number of hydrogen-bond donors (Lipinski definition) is 1. The summed E-state index contributed by atoms with van der Waals surface area (Å²) in [6.07, 6.45) is 0. The molecule has 0 saturated carbocycles. The molecule has 0 saturated heterocycles. The van der Waals surface area contributed by atoms with E-state index in [-0.39, 0.29) is 5.69 Å². The Morgan fingerprint density at radius 3 is 2.50 bits per heavy atom. The predicted molar refractivity (Wildman–Crippen MR) is 73.9 cm³/mol. The number of rotatable bonds is 4. The van der Waals surface area contributed by atoms with Gasteiger partial charge in [-0.3, -0.25) is 4.57 Å². The molecule has 2 rings (SSSR count). The zero-order valence-electron chi connectivity index (χ0n) is 10.8. The van der Waals surface area contributed by atoms with Crippen molar-refractivity contribution in [3.8, 4) is 0 Å². The molecule has 0 radical (unpaired) electrons. The Hall–Kier alpha value is -1.49. The Labute approximate surface area is 110 Å². The highest BCUT2D eigenvalue weighted by molar-refractivity contribution is 7.98. The normalized spacial score (nSPS) is 11.1. The van der Waals surface area contributed by atoms with Gasteiger partial charge in [0.1, 0.15) is 0 Å². The molecule has 5 heteroatoms. The van der Waals surface area contributed by atoms with Crippen LogP contribution in [0, 0.1) is 0 Å². The summed E-state index contributed by atoms with van der Waals surface area (Å²) in [6.45, 7) is 4.37. The summed E-state index contributed by atoms with van der Waals surface area (Å²) in [7, 11) is 1.72. The van der Waals surface area contributed by atoms with E-state index in [4.69, 9.17) is 0 Å². The summed E-state index contributed by atoms with van der Waals surface area (Å²) in [5.41, 5.74) is 2.41. The summed E-state index contributed by atoms with van der Waals surface area (Å²) in [6, 6.07) is 8.58. The second-order valence-corrected chi connectivity index (χ2v) is 5.50. The molecule has 1 heterocycles. The maximum atomic E-state index is 11.2. The molecule has 0 unspecified atom stereocenters. The molecular formula is C13H17N3OS. The zero-order chi connectivity index (χ0) is 13.1. The van der Waals surface area contributed by atoms with E-state index in [0.717, 1.165) is 5.75 Å². The molecule has 0 amide bonds. The van der Waals surface area contributed by atoms with Gasteiger partial charge >= 0.3 is 5.69 Å². The molecule has 0 fully saturated rings. The van der Waals surface area contributed by atoms with Crippen LogP contribution < -0.4 is 5.69 Å². The topological polar surface area (TPSA) is 50.7 Å². The smallest absolute Gasteiger partial charge is 0.273 e. The molecule has 1 N–H and O–H groups in total. The van der Waals surface area contributed by atoms with Gasteiger partial charge in [-0.2, -0.15) is 0 Å². The third-order valence-corrected chi connectivity index (χ3v) is 3.95. The molecule has 1 aromatic carbocycles. The molecule has 1 aromatic heterocycles. The summed E-state index contributed by atoms with van der Waals surface area (Å²) in [5, 5.41) is 7.11. The first kappa shape index (κ1) is 13.0. The van der Waals surface area contributed by atoms with Crippen LogP contribution in [0.15, 0.2) is 34.2 Å². The molecule has 0 aliphatic heterocycles. The van der Waals surface area contributed by atoms with Gasteiger partial charge in [-0.25, -0.2) is 9.89 Å². The third-order valence-electron chi connectivity index (χ3n) is 2.85. The van der Waals surface area contributed by atoms with Crippen molar-refractivity contribution in [3.05, 3.63) is 45.9 Å². The van der Waals surface area contributed by atoms with Crippen molar-refractivity contribution >= 4 is 11.8 Å². The molecule has 0 aliphatic rings. The van der Waals surface area contributed by atoms with Crippen LogP contribution in [0.25, 0.3) is 0 Å². The average Bonchev–Trinajstić information content (AvgIpc) is 2.68. The van der Waals surface area contributed by atoms with Crippen LogP contribution in [0.4, 0.5) is 0 Å². The Bertz CT molecular complexity index is 569. The van der Waals surface area contributed by atoms with E-state index in [1.54, 1.807) is 18.8 Å². The van der Waals surface area contributed by atoms with Crippen molar-refractivity contribution in [2.24, 2.45) is 7.05 Å². The van der Waals surface area contributed by atoms with E-state index in [0.29, 0.717) is 11.1 Å². The van der Waals surface area contributed by atoms with Crippen LogP contribution in [-0.4, -0.2) is 14.8 Å². The molecule has 4 nitrogen and oxygen atoms in total. The fourth-order valence-corrected chi connectivity index (χ4v) is 2.48. The van der Waals surface area contributed by atoms with Crippen molar-refractivity contribution in [1.29, 1.82) is 0 Å². The largest absolute Gasteiger partial charge is 0.343 e. The highest BCUT2D eigenvalue weighted by atomic mass is 32.2. The number of aromatic amines is 1. The monoisotopic (exact) mass is 263 g/mol. The van der Waals surface area contributed by atoms with Crippen LogP contribution >= 0.6 is 11.8 Å². The standard InChI is InChI=1S/C13H17N3OS/c1-9(2)11-6-4-10(5-7-11)8-18-13-15-14-12(17)16(13)3/h4-7,9H,8H2,1-3H3,(H,14,17). The van der Waals surface area contributed by atoms with Crippen LogP contribution in [-0.2, 0) is 12.8 Å². The minimum absolute atomic E-state index is 0.173. The molecule has 0 bridgehead atoms. The lowest BCUT2D eigenvalue weighted by molar-refractivity contribution is 0.766. The number of thioether (sulfide) groups is 1. The highest BCUT2D eigenvalue weighted by Gasteiger charge is 2.05. The third kappa shape index (κ3) is 2.85. The second kappa shape index (κ2) is 5.44. The molecule has 0 aliphatic carbocycles. The minimum Gasteiger partial charge on any atom is -0.273 e. The number of aromatic nitrogens is 3. The first-order chi connectivity index (χ1) is 8.58. The number of hydrogen-bond acceptors (Lipinski definition) is 3. The van der Waals surface area contributed by atoms with Crippen LogP contribution in [0.1, 0.15) is 30.9 Å². The van der Waals surface area contributed by atoms with E-state index in [2.05, 4.69) is 48.3 Å². The van der Waals surface area contributed by atoms with Gasteiger partial charge in [0.05, 0.1) is 0 Å². The Morgan fingerprint density at radius 2 is 2.00 bits per heavy atom. The number of nitrogens with one attached hydrogen (secondary N) is 1. The number of H-pyrrole nitrogens is 1. The van der Waals surface area contributed by atoms with Crippen molar-refractivity contribution in [2.75, 3.05) is 0 Å². The lowest BCUT2D eigenvalue weighted by atomic mass is 10.0. The van der Waals surface area contributed by atoms with Crippen molar-refractivity contribution < 1.29 is 0 Å². The van der Waals surface area contributed by atoms with Crippen LogP contribution in [0.5, 0.6) is 0 Å². The van der Waals surface area contributed by atoms with E-state index in [9.17, 15) is 4.79 Å². The molecule has 18 heavy (non-hydrogen) atoms. The van der Waals surface area contributed by atoms with Crippen LogP contribution in [0.3, 0.4) is 0 Å². The fraction of sp³-hybridized carbons (Fsp3) is 0.385. The summed E-state index contributed by atoms with van der Waals surface area (Å²) >= 11 is 1.56. The predicted octanol–water partition coefficient (Wildman–Crippen LogP) is 2.52. The maximum Gasteiger partial charge on any atom is 0.343 e. The quantitative estimate of drug-likeness (QED) is 0.862. The van der Waals surface area contributed by atoms with Gasteiger partial charge in [-0.05, 0) is 17.0 Å². The van der Waals surface area contributed by atoms with Crippen molar-refractivity contribution in [3.63, 3.8) is 0 Å². The summed E-state index contributed by atoms with van der Waals surface area (Å²) < 4.78 is 1.52. The van der Waals surface area contributed by atoms with Gasteiger partial charge in [-0.15, -0.1) is 5.10 Å². The molecular weight excluding hydrogens is 246 g/mol. The zero-order valence-corrected chi connectivity index (χ0v) is 11.6. The van der Waals surface area contributed by atoms with Gasteiger partial charge in [-0.1, -0.05) is 49.9 Å². The number of benzene rings is 1. The van der Waals surface area contributed by atoms with E-state index < -0.39 is 0 Å². The van der Waals surface area contributed by atoms with E-state index >= 15 is 0 Å². The average molecular weight is 263 g/mol. The van der Waals surface area contributed by atoms with Gasteiger partial charge in [0.15, 0.2) is 5.16 Å². The molecule has 2 aromatic rings. The van der Waals surface area contributed by atoms with E-state index in [1.807, 2.05) is 0 Å². The number of nitrogens with zero attached hydrogens (tertiary/aromatic N) is 2. The van der Waals surface area contributed by atoms with Crippen molar-refractivity contribution in [1.82, 2.24) is 14.8 Å². The molecule has 96 valence electrons. The van der Waals surface area contributed by atoms with E-state index in [1.165, 1.54) is 15.7 Å². The van der Waals surface area contributed by atoms with Crippen LogP contribution in [0.2, 0.25) is 0 Å².